The molecule has 33 heavy (non-hydrogen) atoms. The summed E-state index contributed by atoms with van der Waals surface area (Å²) in [6.07, 6.45) is 0. The van der Waals surface area contributed by atoms with Crippen molar-refractivity contribution in [1.29, 1.82) is 0 Å². The fourth-order valence-electron chi connectivity index (χ4n) is 4.43. The van der Waals surface area contributed by atoms with Crippen LogP contribution < -0.4 is 32.2 Å². The van der Waals surface area contributed by atoms with Gasteiger partial charge in [-0.1, -0.05) is 84.9 Å². The average molecular weight is 469 g/mol. The molecule has 0 aromatic heterocycles. The van der Waals surface area contributed by atoms with E-state index in [0.717, 1.165) is 22.5 Å². The molecule has 0 aliphatic carbocycles. The van der Waals surface area contributed by atoms with E-state index in [1.54, 1.807) is 0 Å². The Balaban J connectivity index is 1.95. The monoisotopic (exact) mass is 468 g/mol. The fraction of sp³-hybridized carbons (Fsp3) is 0.143. The van der Waals surface area contributed by atoms with Crippen molar-refractivity contribution in [3.05, 3.63) is 108 Å². The first-order valence-corrected chi connectivity index (χ1v) is 16.1. The molecule has 0 fully saturated rings. The van der Waals surface area contributed by atoms with Gasteiger partial charge >= 0.3 is 0 Å². The Morgan fingerprint density at radius 1 is 0.515 bits per heavy atom. The Morgan fingerprint density at radius 2 is 0.879 bits per heavy atom. The fourth-order valence-corrected chi connectivity index (χ4v) is 13.7. The van der Waals surface area contributed by atoms with Crippen LogP contribution in [0.3, 0.4) is 0 Å². The molecule has 0 heterocycles. The van der Waals surface area contributed by atoms with Crippen molar-refractivity contribution < 1.29 is 4.12 Å². The Morgan fingerprint density at radius 3 is 1.21 bits per heavy atom. The summed E-state index contributed by atoms with van der Waals surface area (Å²) in [5.74, 6) is 0. The van der Waals surface area contributed by atoms with Crippen LogP contribution in [0.5, 0.6) is 0 Å². The van der Waals surface area contributed by atoms with Gasteiger partial charge in [0.25, 0.3) is 0 Å². The average Bonchev–Trinajstić information content (AvgIpc) is 2.83. The molecule has 4 aromatic carbocycles. The SMILES string of the molecule is Cc1cc([Si](C)(O[Si](C)(c2ccccc2)c2ccc(N)c(C)c2)c2ccccc2)ccc1N. The van der Waals surface area contributed by atoms with Gasteiger partial charge in [-0.15, -0.1) is 0 Å². The van der Waals surface area contributed by atoms with E-state index in [2.05, 4.69) is 112 Å². The second-order valence-electron chi connectivity index (χ2n) is 9.04. The van der Waals surface area contributed by atoms with Gasteiger partial charge in [-0.05, 0) is 70.9 Å². The highest BCUT2D eigenvalue weighted by atomic mass is 28.4. The van der Waals surface area contributed by atoms with Gasteiger partial charge in [0.05, 0.1) is 0 Å². The number of aryl methyl sites for hydroxylation is 2. The van der Waals surface area contributed by atoms with E-state index >= 15 is 0 Å². The third-order valence-electron chi connectivity index (χ3n) is 6.70. The minimum Gasteiger partial charge on any atom is -0.442 e. The minimum atomic E-state index is -2.61. The zero-order valence-electron chi connectivity index (χ0n) is 19.8. The second-order valence-corrected chi connectivity index (χ2v) is 16.3. The zero-order valence-corrected chi connectivity index (χ0v) is 21.8. The van der Waals surface area contributed by atoms with Crippen LogP contribution in [0.1, 0.15) is 11.1 Å². The Labute approximate surface area is 199 Å². The molecule has 0 saturated heterocycles. The molecule has 0 aliphatic heterocycles. The molecule has 168 valence electrons. The lowest BCUT2D eigenvalue weighted by Crippen LogP contribution is -2.70. The summed E-state index contributed by atoms with van der Waals surface area (Å²) in [7, 11) is -5.23. The summed E-state index contributed by atoms with van der Waals surface area (Å²) in [4.78, 5) is 0. The number of rotatable bonds is 6. The van der Waals surface area contributed by atoms with Crippen LogP contribution >= 0.6 is 0 Å². The maximum Gasteiger partial charge on any atom is 0.242 e. The van der Waals surface area contributed by atoms with Crippen LogP contribution in [0, 0.1) is 13.8 Å². The van der Waals surface area contributed by atoms with E-state index in [1.807, 2.05) is 12.1 Å². The summed E-state index contributed by atoms with van der Waals surface area (Å²) >= 11 is 0. The van der Waals surface area contributed by atoms with Crippen molar-refractivity contribution in [2.75, 3.05) is 11.5 Å². The van der Waals surface area contributed by atoms with Gasteiger partial charge in [0.15, 0.2) is 0 Å². The largest absolute Gasteiger partial charge is 0.442 e. The highest BCUT2D eigenvalue weighted by Gasteiger charge is 2.45. The molecule has 2 atom stereocenters. The van der Waals surface area contributed by atoms with Crippen LogP contribution in [0.25, 0.3) is 0 Å². The maximum atomic E-state index is 7.56. The van der Waals surface area contributed by atoms with Gasteiger partial charge in [0.2, 0.25) is 16.6 Å². The van der Waals surface area contributed by atoms with Crippen LogP contribution in [-0.2, 0) is 4.12 Å². The molecule has 0 saturated carbocycles. The maximum absolute atomic E-state index is 7.56. The van der Waals surface area contributed by atoms with Gasteiger partial charge in [-0.25, -0.2) is 0 Å². The number of anilines is 2. The molecule has 0 spiro atoms. The molecule has 2 unspecified atom stereocenters. The van der Waals surface area contributed by atoms with Crippen molar-refractivity contribution >= 4 is 48.8 Å². The van der Waals surface area contributed by atoms with Crippen LogP contribution in [0.15, 0.2) is 97.1 Å². The smallest absolute Gasteiger partial charge is 0.242 e. The Kier molecular flexibility index (Phi) is 6.30. The lowest BCUT2D eigenvalue weighted by Gasteiger charge is -2.40. The van der Waals surface area contributed by atoms with E-state index < -0.39 is 16.6 Å². The molecular weight excluding hydrogens is 436 g/mol. The number of hydrogen-bond acceptors (Lipinski definition) is 3. The normalized spacial score (nSPS) is 14.9. The topological polar surface area (TPSA) is 61.3 Å². The van der Waals surface area contributed by atoms with E-state index in [1.165, 1.54) is 20.7 Å². The van der Waals surface area contributed by atoms with E-state index in [0.29, 0.717) is 0 Å². The highest BCUT2D eigenvalue weighted by molar-refractivity contribution is 7.08. The molecule has 4 N–H and O–H groups in total. The van der Waals surface area contributed by atoms with Crippen LogP contribution in [0.2, 0.25) is 13.1 Å². The Bertz CT molecular complexity index is 1160. The van der Waals surface area contributed by atoms with E-state index in [4.69, 9.17) is 15.6 Å². The van der Waals surface area contributed by atoms with E-state index in [9.17, 15) is 0 Å². The summed E-state index contributed by atoms with van der Waals surface area (Å²) in [5, 5.41) is 4.94. The van der Waals surface area contributed by atoms with Crippen molar-refractivity contribution in [3.8, 4) is 0 Å². The van der Waals surface area contributed by atoms with E-state index in [-0.39, 0.29) is 0 Å². The molecule has 5 heteroatoms. The lowest BCUT2D eigenvalue weighted by molar-refractivity contribution is 0.587. The molecule has 0 aliphatic rings. The standard InChI is InChI=1S/C28H32N2OSi2/c1-21-19-25(15-17-27(21)29)32(3,23-11-7-5-8-12-23)31-33(4,24-13-9-6-10-14-24)26-16-18-28(30)22(2)20-26/h5-20H,29-30H2,1-4H3. The first-order chi connectivity index (χ1) is 15.7. The molecule has 0 amide bonds. The third kappa shape index (κ3) is 4.40. The molecule has 3 nitrogen and oxygen atoms in total. The first-order valence-electron chi connectivity index (χ1n) is 11.3. The van der Waals surface area contributed by atoms with Gasteiger partial charge in [-0.2, -0.15) is 0 Å². The highest BCUT2D eigenvalue weighted by Crippen LogP contribution is 2.20. The predicted molar refractivity (Wildman–Crippen MR) is 147 cm³/mol. The van der Waals surface area contributed by atoms with Crippen molar-refractivity contribution in [2.24, 2.45) is 0 Å². The first kappa shape index (κ1) is 23.0. The number of nitrogen functional groups attached to an aromatic ring is 2. The zero-order chi connectivity index (χ0) is 23.6. The van der Waals surface area contributed by atoms with Gasteiger partial charge in [-0.3, -0.25) is 0 Å². The molecular formula is C28H32N2OSi2. The molecule has 0 radical (unpaired) electrons. The minimum absolute atomic E-state index is 0.806. The summed E-state index contributed by atoms with van der Waals surface area (Å²) in [6, 6.07) is 34.1. The number of hydrogen-bond donors (Lipinski definition) is 2. The third-order valence-corrected chi connectivity index (χ3v) is 15.7. The van der Waals surface area contributed by atoms with Crippen molar-refractivity contribution in [3.63, 3.8) is 0 Å². The van der Waals surface area contributed by atoms with Crippen LogP contribution in [0.4, 0.5) is 11.4 Å². The number of benzene rings is 4. The Hall–Kier alpha value is -3.13. The second kappa shape index (κ2) is 9.02. The summed E-state index contributed by atoms with van der Waals surface area (Å²) < 4.78 is 7.56. The van der Waals surface area contributed by atoms with Gasteiger partial charge in [0, 0.05) is 11.4 Å². The molecule has 4 aromatic rings. The lowest BCUT2D eigenvalue weighted by atomic mass is 10.2. The summed E-state index contributed by atoms with van der Waals surface area (Å²) in [6.45, 7) is 8.75. The van der Waals surface area contributed by atoms with Crippen molar-refractivity contribution in [1.82, 2.24) is 0 Å². The van der Waals surface area contributed by atoms with Gasteiger partial charge < -0.3 is 15.6 Å². The quantitative estimate of drug-likeness (QED) is 0.336. The molecule has 0 bridgehead atoms. The van der Waals surface area contributed by atoms with Gasteiger partial charge in [0.1, 0.15) is 0 Å². The molecule has 4 rings (SSSR count). The predicted octanol–water partition coefficient (Wildman–Crippen LogP) is 3.56. The summed E-state index contributed by atoms with van der Waals surface area (Å²) in [5.41, 5.74) is 16.1. The van der Waals surface area contributed by atoms with Crippen molar-refractivity contribution in [2.45, 2.75) is 26.9 Å². The number of nitrogens with two attached hydrogens (primary N) is 2. The van der Waals surface area contributed by atoms with Crippen LogP contribution in [-0.4, -0.2) is 16.6 Å².